The van der Waals surface area contributed by atoms with E-state index in [1.807, 2.05) is 13.8 Å². The molecule has 3 aliphatic rings. The van der Waals surface area contributed by atoms with E-state index in [0.29, 0.717) is 13.0 Å². The third-order valence-corrected chi connectivity index (χ3v) is 5.74. The molecule has 1 saturated carbocycles. The van der Waals surface area contributed by atoms with Crippen LogP contribution in [0.3, 0.4) is 0 Å². The molecule has 0 amide bonds. The first-order valence-electron chi connectivity index (χ1n) is 8.17. The number of halogens is 3. The van der Waals surface area contributed by atoms with Gasteiger partial charge in [0.1, 0.15) is 17.3 Å². The van der Waals surface area contributed by atoms with Crippen molar-refractivity contribution < 1.29 is 32.2 Å². The van der Waals surface area contributed by atoms with E-state index >= 15 is 0 Å². The fourth-order valence-corrected chi connectivity index (χ4v) is 4.16. The predicted octanol–water partition coefficient (Wildman–Crippen LogP) is 3.05. The molecule has 1 spiro atoms. The van der Waals surface area contributed by atoms with E-state index in [9.17, 15) is 18.0 Å². The summed E-state index contributed by atoms with van der Waals surface area (Å²) in [6, 6.07) is 0. The Kier molecular flexibility index (Phi) is 4.13. The zero-order valence-electron chi connectivity index (χ0n) is 14.3. The van der Waals surface area contributed by atoms with Crippen molar-refractivity contribution >= 4 is 5.78 Å². The summed E-state index contributed by atoms with van der Waals surface area (Å²) in [7, 11) is 1.48. The van der Waals surface area contributed by atoms with E-state index in [0.717, 1.165) is 13.0 Å². The number of alkyl halides is 3. The maximum absolute atomic E-state index is 12.6. The van der Waals surface area contributed by atoms with Gasteiger partial charge in [0.25, 0.3) is 0 Å². The highest BCUT2D eigenvalue weighted by atomic mass is 19.4. The number of Topliss-reactive ketones (excluding diaryl/α,β-unsaturated/α-hetero) is 1. The van der Waals surface area contributed by atoms with Crippen molar-refractivity contribution in [2.75, 3.05) is 13.7 Å². The Balaban J connectivity index is 1.77. The molecule has 0 aromatic rings. The summed E-state index contributed by atoms with van der Waals surface area (Å²) in [5.74, 6) is -0.425. The molecule has 3 fully saturated rings. The van der Waals surface area contributed by atoms with Gasteiger partial charge >= 0.3 is 6.18 Å². The molecule has 4 nitrogen and oxygen atoms in total. The lowest BCUT2D eigenvalue weighted by molar-refractivity contribution is -0.148. The number of ether oxygens (including phenoxy) is 3. The lowest BCUT2D eigenvalue weighted by atomic mass is 9.66. The second kappa shape index (κ2) is 5.54. The molecule has 136 valence electrons. The highest BCUT2D eigenvalue weighted by Gasteiger charge is 2.72. The Labute approximate surface area is 139 Å². The Hall–Kier alpha value is -0.920. The highest BCUT2D eigenvalue weighted by molar-refractivity contribution is 5.87. The van der Waals surface area contributed by atoms with Gasteiger partial charge in [-0.2, -0.15) is 13.2 Å². The number of allylic oxidation sites excluding steroid dienone is 1. The number of rotatable bonds is 4. The molecular weight excluding hydrogens is 325 g/mol. The van der Waals surface area contributed by atoms with Crippen LogP contribution in [0.1, 0.15) is 33.6 Å². The topological polar surface area (TPSA) is 51.4 Å². The summed E-state index contributed by atoms with van der Waals surface area (Å²) in [4.78, 5) is 12.5. The third-order valence-electron chi connectivity index (χ3n) is 5.74. The molecule has 6 atom stereocenters. The van der Waals surface area contributed by atoms with Crippen LogP contribution in [0.15, 0.2) is 11.6 Å². The van der Waals surface area contributed by atoms with E-state index < -0.39 is 29.1 Å². The van der Waals surface area contributed by atoms with Gasteiger partial charge in [0.2, 0.25) is 0 Å². The van der Waals surface area contributed by atoms with Crippen molar-refractivity contribution in [2.45, 2.75) is 63.2 Å². The quantitative estimate of drug-likeness (QED) is 0.579. The molecule has 1 aliphatic carbocycles. The molecular formula is C17H23F3O4. The minimum atomic E-state index is -4.32. The van der Waals surface area contributed by atoms with Crippen LogP contribution >= 0.6 is 0 Å². The molecule has 2 saturated heterocycles. The summed E-state index contributed by atoms with van der Waals surface area (Å²) in [6.45, 7) is 5.29. The van der Waals surface area contributed by atoms with Gasteiger partial charge in [-0.25, -0.2) is 0 Å². The zero-order valence-corrected chi connectivity index (χ0v) is 14.3. The first-order valence-corrected chi connectivity index (χ1v) is 8.17. The smallest absolute Gasteiger partial charge is 0.373 e. The number of ketones is 1. The number of carbonyl (C=O) groups is 1. The van der Waals surface area contributed by atoms with Gasteiger partial charge in [-0.1, -0.05) is 13.0 Å². The largest absolute Gasteiger partial charge is 0.412 e. The molecule has 24 heavy (non-hydrogen) atoms. The minimum Gasteiger partial charge on any atom is -0.373 e. The summed E-state index contributed by atoms with van der Waals surface area (Å²) < 4.78 is 54.8. The van der Waals surface area contributed by atoms with Crippen LogP contribution in [0.2, 0.25) is 0 Å². The Bertz CT molecular complexity index is 567. The van der Waals surface area contributed by atoms with Crippen LogP contribution in [-0.2, 0) is 19.0 Å². The van der Waals surface area contributed by atoms with E-state index in [1.165, 1.54) is 7.11 Å². The third kappa shape index (κ3) is 2.80. The summed E-state index contributed by atoms with van der Waals surface area (Å²) >= 11 is 0. The first kappa shape index (κ1) is 17.9. The van der Waals surface area contributed by atoms with Crippen LogP contribution in [0.5, 0.6) is 0 Å². The van der Waals surface area contributed by atoms with Crippen molar-refractivity contribution in [3.05, 3.63) is 11.6 Å². The summed E-state index contributed by atoms with van der Waals surface area (Å²) in [5, 5.41) is 0. The van der Waals surface area contributed by atoms with Gasteiger partial charge in [-0.05, 0) is 26.7 Å². The van der Waals surface area contributed by atoms with E-state index in [2.05, 4.69) is 0 Å². The summed E-state index contributed by atoms with van der Waals surface area (Å²) in [5.41, 5.74) is -1.77. The Morgan fingerprint density at radius 2 is 2.08 bits per heavy atom. The zero-order chi connectivity index (χ0) is 17.9. The van der Waals surface area contributed by atoms with Crippen LogP contribution in [0, 0.1) is 11.8 Å². The molecule has 7 heteroatoms. The van der Waals surface area contributed by atoms with Gasteiger partial charge in [0.05, 0.1) is 18.6 Å². The maximum Gasteiger partial charge on any atom is 0.412 e. The SMILES string of the molecule is CO[C@@H]1C(=O)[C@H](C)C[C@]2(CO2)[C@H]1C1(C)O[C@@H]1C/C=C(\C)C(F)(F)F. The monoisotopic (exact) mass is 348 g/mol. The molecule has 1 unspecified atom stereocenters. The standard InChI is InChI=1S/C17H23F3O4/c1-9-7-16(8-23-16)14(13(22-4)12(9)21)15(3)11(24-15)6-5-10(2)17(18,19)20/h5,9,11,13-14H,6-8H2,1-4H3/b10-5+/t9-,11-,13-,14-,15?,16+/m1/s1. The van der Waals surface area contributed by atoms with E-state index in [1.54, 1.807) is 0 Å². The van der Waals surface area contributed by atoms with Gasteiger partial charge in [0, 0.05) is 18.6 Å². The molecule has 3 rings (SSSR count). The van der Waals surface area contributed by atoms with Crippen molar-refractivity contribution in [3.63, 3.8) is 0 Å². The van der Waals surface area contributed by atoms with Crippen LogP contribution in [0.4, 0.5) is 13.2 Å². The Morgan fingerprint density at radius 3 is 2.58 bits per heavy atom. The van der Waals surface area contributed by atoms with Gasteiger partial charge in [-0.3, -0.25) is 4.79 Å². The van der Waals surface area contributed by atoms with Crippen molar-refractivity contribution in [1.82, 2.24) is 0 Å². The first-order chi connectivity index (χ1) is 11.0. The number of carbonyl (C=O) groups excluding carboxylic acids is 1. The van der Waals surface area contributed by atoms with Gasteiger partial charge in [0.15, 0.2) is 5.78 Å². The molecule has 2 aliphatic heterocycles. The van der Waals surface area contributed by atoms with E-state index in [4.69, 9.17) is 14.2 Å². The minimum absolute atomic E-state index is 0.0149. The van der Waals surface area contributed by atoms with Crippen LogP contribution in [-0.4, -0.2) is 49.1 Å². The van der Waals surface area contributed by atoms with Crippen molar-refractivity contribution in [2.24, 2.45) is 11.8 Å². The highest BCUT2D eigenvalue weighted by Crippen LogP contribution is 2.59. The molecule has 0 bridgehead atoms. The fourth-order valence-electron chi connectivity index (χ4n) is 4.16. The number of hydrogen-bond acceptors (Lipinski definition) is 4. The number of methoxy groups -OCH3 is 1. The molecule has 0 aromatic carbocycles. The van der Waals surface area contributed by atoms with Crippen LogP contribution < -0.4 is 0 Å². The average Bonchev–Trinajstić information content (AvgIpc) is 3.38. The molecule has 0 N–H and O–H groups in total. The predicted molar refractivity (Wildman–Crippen MR) is 79.5 cm³/mol. The number of hydrogen-bond donors (Lipinski definition) is 0. The normalized spacial score (nSPS) is 45.6. The number of epoxide rings is 2. The maximum atomic E-state index is 12.6. The van der Waals surface area contributed by atoms with Crippen molar-refractivity contribution in [3.8, 4) is 0 Å². The van der Waals surface area contributed by atoms with Crippen molar-refractivity contribution in [1.29, 1.82) is 0 Å². The molecule has 2 heterocycles. The Morgan fingerprint density at radius 1 is 1.46 bits per heavy atom. The average molecular weight is 348 g/mol. The second-order valence-electron chi connectivity index (χ2n) is 7.41. The summed E-state index contributed by atoms with van der Waals surface area (Å²) in [6.07, 6.45) is -3.39. The lowest BCUT2D eigenvalue weighted by Gasteiger charge is -2.40. The van der Waals surface area contributed by atoms with E-state index in [-0.39, 0.29) is 30.1 Å². The van der Waals surface area contributed by atoms with Gasteiger partial charge in [-0.15, -0.1) is 0 Å². The fraction of sp³-hybridized carbons (Fsp3) is 0.824. The second-order valence-corrected chi connectivity index (χ2v) is 7.41. The molecule has 0 radical (unpaired) electrons. The molecule has 0 aromatic heterocycles. The van der Waals surface area contributed by atoms with Crippen LogP contribution in [0.25, 0.3) is 0 Å². The van der Waals surface area contributed by atoms with Gasteiger partial charge < -0.3 is 14.2 Å². The lowest BCUT2D eigenvalue weighted by Crippen LogP contribution is -2.55.